The zero-order chi connectivity index (χ0) is 11.3. The Bertz CT molecular complexity index is 284. The van der Waals surface area contributed by atoms with E-state index in [2.05, 4.69) is 0 Å². The highest BCUT2D eigenvalue weighted by molar-refractivity contribution is 6.38. The van der Waals surface area contributed by atoms with E-state index in [1.54, 1.807) is 0 Å². The van der Waals surface area contributed by atoms with Gasteiger partial charge < -0.3 is 15.9 Å². The molecule has 78 valence electrons. The van der Waals surface area contributed by atoms with Crippen molar-refractivity contribution in [1.29, 1.82) is 0 Å². The van der Waals surface area contributed by atoms with E-state index in [0.717, 1.165) is 0 Å². The predicted molar refractivity (Wildman–Crippen MR) is 42.4 cm³/mol. The van der Waals surface area contributed by atoms with E-state index in [1.165, 1.54) is 0 Å². The van der Waals surface area contributed by atoms with Crippen molar-refractivity contribution in [2.75, 3.05) is 6.54 Å². The number of hydrogen-bond acceptors (Lipinski definition) is 5. The van der Waals surface area contributed by atoms with Crippen molar-refractivity contribution in [3.63, 3.8) is 0 Å². The van der Waals surface area contributed by atoms with Crippen LogP contribution in [0.2, 0.25) is 0 Å². The van der Waals surface area contributed by atoms with Gasteiger partial charge >= 0.3 is 11.9 Å². The Morgan fingerprint density at radius 2 is 1.64 bits per heavy atom. The molecule has 0 aliphatic carbocycles. The van der Waals surface area contributed by atoms with E-state index in [4.69, 9.17) is 15.9 Å². The molecule has 7 nitrogen and oxygen atoms in total. The quantitative estimate of drug-likeness (QED) is 0.344. The first kappa shape index (κ1) is 12.2. The summed E-state index contributed by atoms with van der Waals surface area (Å²) < 4.78 is 0. The molecule has 0 heterocycles. The van der Waals surface area contributed by atoms with Crippen molar-refractivity contribution in [3.05, 3.63) is 0 Å². The highest BCUT2D eigenvalue weighted by atomic mass is 16.4. The van der Waals surface area contributed by atoms with Crippen LogP contribution in [-0.4, -0.2) is 40.3 Å². The number of carboxylic acid groups (broad SMARTS) is 2. The second-order valence-corrected chi connectivity index (χ2v) is 2.49. The highest BCUT2D eigenvalue weighted by Gasteiger charge is 2.32. The lowest BCUT2D eigenvalue weighted by Gasteiger charge is -2.07. The second-order valence-electron chi connectivity index (χ2n) is 2.49. The summed E-state index contributed by atoms with van der Waals surface area (Å²) in [6.07, 6.45) is -0.846. The molecule has 0 rings (SSSR count). The van der Waals surface area contributed by atoms with Crippen LogP contribution in [0.1, 0.15) is 6.42 Å². The van der Waals surface area contributed by atoms with Crippen LogP contribution in [0, 0.1) is 5.92 Å². The van der Waals surface area contributed by atoms with Crippen molar-refractivity contribution >= 4 is 23.5 Å². The summed E-state index contributed by atoms with van der Waals surface area (Å²) in [6.45, 7) is -0.559. The Morgan fingerprint density at radius 3 is 1.93 bits per heavy atom. The normalized spacial score (nSPS) is 11.8. The van der Waals surface area contributed by atoms with Gasteiger partial charge in [-0.1, -0.05) is 0 Å². The molecule has 14 heavy (non-hydrogen) atoms. The zero-order valence-electron chi connectivity index (χ0n) is 7.10. The number of rotatable bonds is 6. The molecule has 0 radical (unpaired) electrons. The molecule has 0 saturated carbocycles. The van der Waals surface area contributed by atoms with Crippen LogP contribution in [0.5, 0.6) is 0 Å². The molecule has 0 amide bonds. The topological polar surface area (TPSA) is 135 Å². The van der Waals surface area contributed by atoms with Crippen LogP contribution in [-0.2, 0) is 19.2 Å². The van der Waals surface area contributed by atoms with Gasteiger partial charge in [-0.15, -0.1) is 0 Å². The fourth-order valence-electron chi connectivity index (χ4n) is 0.819. The monoisotopic (exact) mass is 203 g/mol. The fourth-order valence-corrected chi connectivity index (χ4v) is 0.819. The maximum Gasteiger partial charge on any atom is 0.372 e. The summed E-state index contributed by atoms with van der Waals surface area (Å²) in [5, 5.41) is 16.6. The lowest BCUT2D eigenvalue weighted by atomic mass is 9.95. The van der Waals surface area contributed by atoms with Gasteiger partial charge in [0.05, 0.1) is 18.9 Å². The van der Waals surface area contributed by atoms with Crippen LogP contribution in [0.25, 0.3) is 0 Å². The van der Waals surface area contributed by atoms with Crippen LogP contribution < -0.4 is 5.73 Å². The minimum Gasteiger partial charge on any atom is -0.481 e. The minimum atomic E-state index is -1.84. The molecule has 0 aliphatic rings. The van der Waals surface area contributed by atoms with Crippen LogP contribution in [0.3, 0.4) is 0 Å². The van der Waals surface area contributed by atoms with E-state index in [9.17, 15) is 19.2 Å². The number of hydrogen-bond donors (Lipinski definition) is 3. The van der Waals surface area contributed by atoms with E-state index >= 15 is 0 Å². The van der Waals surface area contributed by atoms with Gasteiger partial charge in [0, 0.05) is 0 Å². The van der Waals surface area contributed by atoms with Crippen molar-refractivity contribution < 1.29 is 29.4 Å². The van der Waals surface area contributed by atoms with Gasteiger partial charge in [0.15, 0.2) is 5.78 Å². The molecule has 0 saturated heterocycles. The molecule has 0 aromatic rings. The van der Waals surface area contributed by atoms with Gasteiger partial charge in [0.2, 0.25) is 0 Å². The average Bonchev–Trinajstić information content (AvgIpc) is 2.11. The second kappa shape index (κ2) is 5.07. The zero-order valence-corrected chi connectivity index (χ0v) is 7.10. The Labute approximate surface area is 78.5 Å². The molecule has 0 bridgehead atoms. The summed E-state index contributed by atoms with van der Waals surface area (Å²) in [5.74, 6) is -7.28. The number of carbonyl (C=O) groups is 4. The van der Waals surface area contributed by atoms with E-state index in [1.807, 2.05) is 0 Å². The lowest BCUT2D eigenvalue weighted by Crippen LogP contribution is -2.35. The largest absolute Gasteiger partial charge is 0.481 e. The molecule has 0 fully saturated rings. The van der Waals surface area contributed by atoms with Crippen molar-refractivity contribution in [1.82, 2.24) is 0 Å². The van der Waals surface area contributed by atoms with Gasteiger partial charge in [-0.2, -0.15) is 0 Å². The number of ketones is 2. The van der Waals surface area contributed by atoms with Gasteiger partial charge in [-0.3, -0.25) is 14.4 Å². The smallest absolute Gasteiger partial charge is 0.372 e. The third-order valence-electron chi connectivity index (χ3n) is 1.50. The third kappa shape index (κ3) is 3.31. The van der Waals surface area contributed by atoms with Gasteiger partial charge in [-0.25, -0.2) is 4.79 Å². The first-order valence-corrected chi connectivity index (χ1v) is 3.61. The molecule has 1 unspecified atom stereocenters. The summed E-state index contributed by atoms with van der Waals surface area (Å²) >= 11 is 0. The summed E-state index contributed by atoms with van der Waals surface area (Å²) in [6, 6.07) is 0. The number of aliphatic carboxylic acids is 2. The van der Waals surface area contributed by atoms with Crippen molar-refractivity contribution in [2.24, 2.45) is 11.7 Å². The molecule has 0 aromatic heterocycles. The summed E-state index contributed by atoms with van der Waals surface area (Å²) in [5.41, 5.74) is 4.90. The van der Waals surface area contributed by atoms with Gasteiger partial charge in [-0.05, 0) is 0 Å². The molecular formula is C7H9NO6. The maximum absolute atomic E-state index is 10.9. The third-order valence-corrected chi connectivity index (χ3v) is 1.50. The standard InChI is InChI=1S/C7H9NO6/c8-2-4(9)3(1-5(10)11)6(12)7(13)14/h3H,1-2,8H2,(H,10,11)(H,13,14). The Hall–Kier alpha value is -1.76. The molecule has 7 heteroatoms. The predicted octanol–water partition coefficient (Wildman–Crippen LogP) is -1.74. The van der Waals surface area contributed by atoms with Gasteiger partial charge in [0.25, 0.3) is 5.78 Å². The lowest BCUT2D eigenvalue weighted by molar-refractivity contribution is -0.154. The minimum absolute atomic E-state index is 0.559. The summed E-state index contributed by atoms with van der Waals surface area (Å²) in [7, 11) is 0. The number of nitrogens with two attached hydrogens (primary N) is 1. The van der Waals surface area contributed by atoms with Crippen molar-refractivity contribution in [2.45, 2.75) is 6.42 Å². The maximum atomic E-state index is 10.9. The van der Waals surface area contributed by atoms with Crippen molar-refractivity contribution in [3.8, 4) is 0 Å². The van der Waals surface area contributed by atoms with Crippen LogP contribution in [0.4, 0.5) is 0 Å². The van der Waals surface area contributed by atoms with Gasteiger partial charge in [0.1, 0.15) is 0 Å². The number of carbonyl (C=O) groups excluding carboxylic acids is 2. The van der Waals surface area contributed by atoms with Crippen LogP contribution in [0.15, 0.2) is 0 Å². The van der Waals surface area contributed by atoms with E-state index in [-0.39, 0.29) is 0 Å². The number of carboxylic acids is 2. The SMILES string of the molecule is NCC(=O)C(CC(=O)O)C(=O)C(=O)O. The molecule has 1 atom stereocenters. The highest BCUT2D eigenvalue weighted by Crippen LogP contribution is 2.06. The van der Waals surface area contributed by atoms with E-state index < -0.39 is 42.4 Å². The first-order valence-electron chi connectivity index (χ1n) is 3.61. The molecule has 0 spiro atoms. The number of Topliss-reactive ketones (excluding diaryl/α,β-unsaturated/α-hetero) is 2. The Morgan fingerprint density at radius 1 is 1.14 bits per heavy atom. The fraction of sp³-hybridized carbons (Fsp3) is 0.429. The summed E-state index contributed by atoms with van der Waals surface area (Å²) in [4.78, 5) is 42.2. The molecule has 4 N–H and O–H groups in total. The Kier molecular flexibility index (Phi) is 4.44. The first-order chi connectivity index (χ1) is 6.40. The average molecular weight is 203 g/mol. The Balaban J connectivity index is 4.72. The van der Waals surface area contributed by atoms with Crippen LogP contribution >= 0.6 is 0 Å². The molecule has 0 aromatic carbocycles. The molecule has 0 aliphatic heterocycles. The van der Waals surface area contributed by atoms with E-state index in [0.29, 0.717) is 0 Å². The molecular weight excluding hydrogens is 194 g/mol.